The van der Waals surface area contributed by atoms with Crippen LogP contribution in [0.25, 0.3) is 11.1 Å². The number of rotatable bonds is 2. The van der Waals surface area contributed by atoms with Crippen molar-refractivity contribution in [2.45, 2.75) is 25.8 Å². The Labute approximate surface area is 111 Å². The van der Waals surface area contributed by atoms with E-state index in [9.17, 15) is 4.79 Å². The number of nitrogens with two attached hydrogens (primary N) is 1. The van der Waals surface area contributed by atoms with Crippen LogP contribution in [0.2, 0.25) is 0 Å². The van der Waals surface area contributed by atoms with E-state index in [0.29, 0.717) is 5.89 Å². The molecular weight excluding hydrogens is 242 g/mol. The number of hydrogen-bond donors (Lipinski definition) is 1. The molecule has 100 valence electrons. The molecule has 5 nitrogen and oxygen atoms in total. The van der Waals surface area contributed by atoms with E-state index in [0.717, 1.165) is 29.6 Å². The van der Waals surface area contributed by atoms with Crippen LogP contribution in [-0.2, 0) is 4.79 Å². The maximum absolute atomic E-state index is 12.2. The third kappa shape index (κ3) is 2.10. The van der Waals surface area contributed by atoms with Gasteiger partial charge in [0.15, 0.2) is 11.5 Å². The van der Waals surface area contributed by atoms with Gasteiger partial charge in [0.05, 0.1) is 0 Å². The minimum absolute atomic E-state index is 0.0646. The summed E-state index contributed by atoms with van der Waals surface area (Å²) in [7, 11) is 1.79. The first kappa shape index (κ1) is 12.2. The Hall–Kier alpha value is -1.88. The fourth-order valence-electron chi connectivity index (χ4n) is 2.50. The van der Waals surface area contributed by atoms with E-state index in [1.165, 1.54) is 0 Å². The van der Waals surface area contributed by atoms with Crippen LogP contribution in [0.1, 0.15) is 18.7 Å². The number of oxazole rings is 1. The zero-order valence-electron chi connectivity index (χ0n) is 11.1. The molecule has 1 amide bonds. The number of nitrogens with zero attached hydrogens (tertiary/aromatic N) is 2. The number of anilines is 1. The van der Waals surface area contributed by atoms with Gasteiger partial charge in [0.25, 0.3) is 0 Å². The number of amides is 1. The highest BCUT2D eigenvalue weighted by Gasteiger charge is 2.34. The van der Waals surface area contributed by atoms with Gasteiger partial charge in [-0.1, -0.05) is 0 Å². The number of hydrogen-bond acceptors (Lipinski definition) is 4. The molecule has 2 N–H and O–H groups in total. The van der Waals surface area contributed by atoms with Gasteiger partial charge in [0.1, 0.15) is 5.52 Å². The van der Waals surface area contributed by atoms with Gasteiger partial charge in [-0.15, -0.1) is 0 Å². The number of carbonyl (C=O) groups excluding carboxylic acids is 1. The second kappa shape index (κ2) is 4.35. The molecule has 0 aliphatic heterocycles. The summed E-state index contributed by atoms with van der Waals surface area (Å²) in [6, 6.07) is 5.79. The molecule has 1 aromatic carbocycles. The zero-order chi connectivity index (χ0) is 13.6. The van der Waals surface area contributed by atoms with Gasteiger partial charge >= 0.3 is 0 Å². The summed E-state index contributed by atoms with van der Waals surface area (Å²) in [5.74, 6) is 0.821. The van der Waals surface area contributed by atoms with Crippen LogP contribution < -0.4 is 10.6 Å². The third-order valence-electron chi connectivity index (χ3n) is 3.72. The highest BCUT2D eigenvalue weighted by Crippen LogP contribution is 2.30. The number of fused-ring (bicyclic) bond motifs is 1. The van der Waals surface area contributed by atoms with Gasteiger partial charge in [0.2, 0.25) is 5.91 Å². The Morgan fingerprint density at radius 3 is 2.89 bits per heavy atom. The van der Waals surface area contributed by atoms with Crippen molar-refractivity contribution < 1.29 is 9.21 Å². The molecule has 0 spiro atoms. The second-order valence-corrected chi connectivity index (χ2v) is 5.21. The maximum Gasteiger partial charge on any atom is 0.229 e. The maximum atomic E-state index is 12.2. The molecule has 0 radical (unpaired) electrons. The van der Waals surface area contributed by atoms with E-state index in [1.807, 2.05) is 25.1 Å². The Morgan fingerprint density at radius 2 is 2.21 bits per heavy atom. The lowest BCUT2D eigenvalue weighted by Crippen LogP contribution is -2.45. The smallest absolute Gasteiger partial charge is 0.229 e. The van der Waals surface area contributed by atoms with Crippen LogP contribution in [0, 0.1) is 12.8 Å². The Balaban J connectivity index is 1.84. The SMILES string of the molecule is Cc1nc2cc(N(C)C(=O)C3CC(N)C3)ccc2o1. The molecule has 19 heavy (non-hydrogen) atoms. The van der Waals surface area contributed by atoms with Crippen LogP contribution in [0.3, 0.4) is 0 Å². The van der Waals surface area contributed by atoms with Crippen LogP contribution in [-0.4, -0.2) is 24.0 Å². The highest BCUT2D eigenvalue weighted by molar-refractivity contribution is 5.96. The summed E-state index contributed by atoms with van der Waals surface area (Å²) in [6.45, 7) is 1.81. The number of aryl methyl sites for hydroxylation is 1. The topological polar surface area (TPSA) is 72.4 Å². The lowest BCUT2D eigenvalue weighted by atomic mass is 9.80. The van der Waals surface area contributed by atoms with Crippen molar-refractivity contribution in [3.63, 3.8) is 0 Å². The Bertz CT molecular complexity index is 629. The Morgan fingerprint density at radius 1 is 1.47 bits per heavy atom. The van der Waals surface area contributed by atoms with Crippen molar-refractivity contribution >= 4 is 22.7 Å². The first-order valence-corrected chi connectivity index (χ1v) is 6.45. The van der Waals surface area contributed by atoms with Gasteiger partial charge in [0, 0.05) is 31.6 Å². The molecule has 1 saturated carbocycles. The summed E-state index contributed by atoms with van der Waals surface area (Å²) in [5, 5.41) is 0. The molecule has 1 aliphatic carbocycles. The summed E-state index contributed by atoms with van der Waals surface area (Å²) in [6.07, 6.45) is 1.57. The van der Waals surface area contributed by atoms with Gasteiger partial charge < -0.3 is 15.1 Å². The predicted molar refractivity (Wildman–Crippen MR) is 72.9 cm³/mol. The van der Waals surface area contributed by atoms with Gasteiger partial charge in [-0.3, -0.25) is 4.79 Å². The van der Waals surface area contributed by atoms with E-state index in [4.69, 9.17) is 10.2 Å². The van der Waals surface area contributed by atoms with Crippen molar-refractivity contribution in [1.82, 2.24) is 4.98 Å². The fraction of sp³-hybridized carbons (Fsp3) is 0.429. The molecular formula is C14H17N3O2. The first-order chi connectivity index (χ1) is 9.04. The van der Waals surface area contributed by atoms with Gasteiger partial charge in [-0.25, -0.2) is 4.98 Å². The highest BCUT2D eigenvalue weighted by atomic mass is 16.3. The zero-order valence-corrected chi connectivity index (χ0v) is 11.1. The van der Waals surface area contributed by atoms with Crippen LogP contribution in [0.15, 0.2) is 22.6 Å². The van der Waals surface area contributed by atoms with Gasteiger partial charge in [-0.2, -0.15) is 0 Å². The van der Waals surface area contributed by atoms with E-state index in [-0.39, 0.29) is 17.9 Å². The minimum Gasteiger partial charge on any atom is -0.441 e. The molecule has 0 unspecified atom stereocenters. The normalized spacial score (nSPS) is 22.3. The Kier molecular flexibility index (Phi) is 2.78. The standard InChI is InChI=1S/C14H17N3O2/c1-8-16-12-7-11(3-4-13(12)19-8)17(2)14(18)9-5-10(15)6-9/h3-4,7,9-10H,5-6,15H2,1-2H3. The molecule has 1 aromatic heterocycles. The largest absolute Gasteiger partial charge is 0.441 e. The molecule has 0 atom stereocenters. The summed E-state index contributed by atoms with van der Waals surface area (Å²) >= 11 is 0. The molecule has 5 heteroatoms. The quantitative estimate of drug-likeness (QED) is 0.893. The second-order valence-electron chi connectivity index (χ2n) is 5.21. The van der Waals surface area contributed by atoms with Crippen molar-refractivity contribution in [2.24, 2.45) is 11.7 Å². The lowest BCUT2D eigenvalue weighted by Gasteiger charge is -2.34. The molecule has 0 bridgehead atoms. The van der Waals surface area contributed by atoms with Crippen LogP contribution in [0.4, 0.5) is 5.69 Å². The average molecular weight is 259 g/mol. The van der Waals surface area contributed by atoms with Crippen molar-refractivity contribution in [3.8, 4) is 0 Å². The van der Waals surface area contributed by atoms with E-state index >= 15 is 0 Å². The number of benzene rings is 1. The van der Waals surface area contributed by atoms with E-state index in [1.54, 1.807) is 11.9 Å². The predicted octanol–water partition coefficient (Wildman–Crippen LogP) is 1.84. The minimum atomic E-state index is 0.0646. The van der Waals surface area contributed by atoms with Crippen molar-refractivity contribution in [2.75, 3.05) is 11.9 Å². The van der Waals surface area contributed by atoms with Crippen molar-refractivity contribution in [3.05, 3.63) is 24.1 Å². The van der Waals surface area contributed by atoms with E-state index < -0.39 is 0 Å². The molecule has 1 heterocycles. The van der Waals surface area contributed by atoms with E-state index in [2.05, 4.69) is 4.98 Å². The van der Waals surface area contributed by atoms with Gasteiger partial charge in [-0.05, 0) is 31.0 Å². The number of carbonyl (C=O) groups is 1. The molecule has 0 saturated heterocycles. The van der Waals surface area contributed by atoms with Crippen LogP contribution >= 0.6 is 0 Å². The summed E-state index contributed by atoms with van der Waals surface area (Å²) < 4.78 is 5.43. The summed E-state index contributed by atoms with van der Waals surface area (Å²) in [4.78, 5) is 18.2. The average Bonchev–Trinajstić information content (AvgIpc) is 2.72. The van der Waals surface area contributed by atoms with Crippen molar-refractivity contribution in [1.29, 1.82) is 0 Å². The number of aromatic nitrogens is 1. The molecule has 2 aromatic rings. The summed E-state index contributed by atoms with van der Waals surface area (Å²) in [5.41, 5.74) is 8.09. The molecule has 1 aliphatic rings. The first-order valence-electron chi connectivity index (χ1n) is 6.45. The molecule has 1 fully saturated rings. The third-order valence-corrected chi connectivity index (χ3v) is 3.72. The lowest BCUT2D eigenvalue weighted by molar-refractivity contribution is -0.124. The molecule has 3 rings (SSSR count). The monoisotopic (exact) mass is 259 g/mol. The van der Waals surface area contributed by atoms with Crippen LogP contribution in [0.5, 0.6) is 0 Å². The fourth-order valence-corrected chi connectivity index (χ4v) is 2.50.